The Kier molecular flexibility index (Phi) is 10.7. The number of nitrogens with two attached hydrogens (primary N) is 3. The lowest BCUT2D eigenvalue weighted by molar-refractivity contribution is -0.437. The average molecular weight is 588 g/mol. The van der Waals surface area contributed by atoms with Crippen LogP contribution in [-0.2, 0) is 10.8 Å². The van der Waals surface area contributed by atoms with E-state index in [4.69, 9.17) is 33.5 Å². The Bertz CT molecular complexity index is 1430. The molecule has 0 bridgehead atoms. The minimum absolute atomic E-state index is 0.0765. The summed E-state index contributed by atoms with van der Waals surface area (Å²) in [6.45, 7) is 12.1. The maximum Gasteiger partial charge on any atom is 0.209 e. The van der Waals surface area contributed by atoms with Crippen molar-refractivity contribution in [1.82, 2.24) is 0 Å². The van der Waals surface area contributed by atoms with Crippen molar-refractivity contribution in [3.63, 3.8) is 0 Å². The van der Waals surface area contributed by atoms with Crippen LogP contribution in [0, 0.1) is 0 Å². The van der Waals surface area contributed by atoms with Gasteiger partial charge in [-0.1, -0.05) is 60.2 Å². The van der Waals surface area contributed by atoms with Crippen LogP contribution in [0.3, 0.4) is 0 Å². The van der Waals surface area contributed by atoms with Gasteiger partial charge in [-0.15, -0.1) is 0 Å². The summed E-state index contributed by atoms with van der Waals surface area (Å²) in [6.07, 6.45) is 13.8. The molecule has 0 fully saturated rings. The van der Waals surface area contributed by atoms with Crippen LogP contribution >= 0.6 is 11.6 Å². The van der Waals surface area contributed by atoms with Gasteiger partial charge in [-0.25, -0.2) is 0 Å². The molecule has 5 nitrogen and oxygen atoms in total. The Labute approximate surface area is 257 Å². The molecule has 42 heavy (non-hydrogen) atoms. The first kappa shape index (κ1) is 32.0. The minimum atomic E-state index is -0.159. The number of allylic oxidation sites excluding steroid dienone is 8. The number of halogens is 1. The first-order chi connectivity index (χ1) is 20.2. The summed E-state index contributed by atoms with van der Waals surface area (Å²) in [7, 11) is 0. The molecule has 0 amide bonds. The number of fused-ring (bicyclic) bond motifs is 2. The molecule has 2 heterocycles. The van der Waals surface area contributed by atoms with E-state index in [1.807, 2.05) is 12.1 Å². The van der Waals surface area contributed by atoms with Crippen molar-refractivity contribution in [2.45, 2.75) is 70.6 Å². The van der Waals surface area contributed by atoms with Crippen LogP contribution in [0.1, 0.15) is 70.9 Å². The number of para-hydroxylation sites is 2. The molecule has 0 radical (unpaired) electrons. The zero-order valence-electron chi connectivity index (χ0n) is 25.8. The van der Waals surface area contributed by atoms with Crippen LogP contribution in [-0.4, -0.2) is 36.5 Å². The summed E-state index contributed by atoms with van der Waals surface area (Å²) in [6, 6.07) is 17.0. The molecule has 0 aromatic heterocycles. The normalized spacial score (nSPS) is 20.6. The molecule has 2 aliphatic heterocycles. The lowest BCUT2D eigenvalue weighted by atomic mass is 9.81. The van der Waals surface area contributed by atoms with E-state index in [0.717, 1.165) is 68.3 Å². The van der Waals surface area contributed by atoms with Gasteiger partial charge < -0.3 is 21.9 Å². The van der Waals surface area contributed by atoms with Crippen LogP contribution in [0.25, 0.3) is 0 Å². The van der Waals surface area contributed by atoms with Gasteiger partial charge in [0.1, 0.15) is 11.5 Å². The molecule has 5 rings (SSSR count). The summed E-state index contributed by atoms with van der Waals surface area (Å²) in [5.74, 6) is 1.91. The highest BCUT2D eigenvalue weighted by atomic mass is 35.5. The molecular formula is C36H48ClN4O+. The second-order valence-corrected chi connectivity index (χ2v) is 12.6. The number of ether oxygens (including phenoxy) is 1. The third-order valence-corrected chi connectivity index (χ3v) is 9.01. The SMILES string of the molecule is CC1(C)C(/C=C/C2=C(Cl)C(=C/C=C3/Oc4ccccc4C3(C)C)/CCC2)=[N+](CCCN)c2ccccc21.NCCCN. The topological polar surface area (TPSA) is 90.3 Å². The molecule has 1 aliphatic carbocycles. The summed E-state index contributed by atoms with van der Waals surface area (Å²) in [4.78, 5) is 0. The third kappa shape index (κ3) is 6.65. The molecule has 6 N–H and O–H groups in total. The predicted molar refractivity (Wildman–Crippen MR) is 178 cm³/mol. The van der Waals surface area contributed by atoms with Crippen molar-refractivity contribution < 1.29 is 9.31 Å². The van der Waals surface area contributed by atoms with Gasteiger partial charge in [0, 0.05) is 34.7 Å². The van der Waals surface area contributed by atoms with E-state index in [0.29, 0.717) is 6.54 Å². The second kappa shape index (κ2) is 14.0. The van der Waals surface area contributed by atoms with Crippen molar-refractivity contribution in [3.8, 4) is 5.75 Å². The first-order valence-corrected chi connectivity index (χ1v) is 15.6. The highest BCUT2D eigenvalue weighted by molar-refractivity contribution is 6.32. The van der Waals surface area contributed by atoms with Crippen molar-refractivity contribution in [2.75, 3.05) is 26.2 Å². The zero-order chi connectivity index (χ0) is 30.3. The van der Waals surface area contributed by atoms with E-state index in [2.05, 4.69) is 93.0 Å². The maximum absolute atomic E-state index is 7.01. The van der Waals surface area contributed by atoms with E-state index < -0.39 is 0 Å². The Morgan fingerprint density at radius 3 is 2.14 bits per heavy atom. The smallest absolute Gasteiger partial charge is 0.209 e. The van der Waals surface area contributed by atoms with Crippen LogP contribution < -0.4 is 21.9 Å². The maximum atomic E-state index is 7.01. The van der Waals surface area contributed by atoms with Crippen molar-refractivity contribution in [2.24, 2.45) is 17.2 Å². The average Bonchev–Trinajstić information content (AvgIpc) is 3.37. The highest BCUT2D eigenvalue weighted by Gasteiger charge is 2.44. The van der Waals surface area contributed by atoms with Crippen LogP contribution in [0.2, 0.25) is 0 Å². The highest BCUT2D eigenvalue weighted by Crippen LogP contribution is 2.45. The van der Waals surface area contributed by atoms with Crippen molar-refractivity contribution in [1.29, 1.82) is 0 Å². The Morgan fingerprint density at radius 2 is 1.48 bits per heavy atom. The molecule has 6 heteroatoms. The van der Waals surface area contributed by atoms with Gasteiger partial charge in [-0.3, -0.25) is 0 Å². The Hall–Kier alpha value is -2.96. The lowest BCUT2D eigenvalue weighted by Crippen LogP contribution is -2.28. The number of benzene rings is 2. The fourth-order valence-corrected chi connectivity index (χ4v) is 6.32. The van der Waals surface area contributed by atoms with Gasteiger partial charge in [-0.2, -0.15) is 4.58 Å². The fraction of sp³-hybridized carbons (Fsp3) is 0.417. The quantitative estimate of drug-likeness (QED) is 0.287. The lowest BCUT2D eigenvalue weighted by Gasteiger charge is -2.19. The van der Waals surface area contributed by atoms with Gasteiger partial charge in [-0.05, 0) is 96.3 Å². The van der Waals surface area contributed by atoms with Gasteiger partial charge in [0.25, 0.3) is 0 Å². The van der Waals surface area contributed by atoms with E-state index in [9.17, 15) is 0 Å². The Morgan fingerprint density at radius 1 is 0.810 bits per heavy atom. The molecule has 0 saturated carbocycles. The molecule has 224 valence electrons. The fourth-order valence-electron chi connectivity index (χ4n) is 6.01. The van der Waals surface area contributed by atoms with E-state index in [-0.39, 0.29) is 10.8 Å². The van der Waals surface area contributed by atoms with Gasteiger partial charge >= 0.3 is 0 Å². The number of hydrogen-bond acceptors (Lipinski definition) is 4. The number of rotatable bonds is 8. The zero-order valence-corrected chi connectivity index (χ0v) is 26.5. The Balaban J connectivity index is 0.000000748. The van der Waals surface area contributed by atoms with Gasteiger partial charge in [0.05, 0.1) is 10.8 Å². The molecule has 0 unspecified atom stereocenters. The van der Waals surface area contributed by atoms with Crippen molar-refractivity contribution in [3.05, 3.63) is 106 Å². The predicted octanol–water partition coefficient (Wildman–Crippen LogP) is 7.12. The summed E-state index contributed by atoms with van der Waals surface area (Å²) >= 11 is 7.01. The molecule has 2 aromatic rings. The molecule has 2 aromatic carbocycles. The van der Waals surface area contributed by atoms with E-state index in [1.54, 1.807) is 0 Å². The standard InChI is InChI=1S/C33H38ClN2O.C3H10N2/c1-32(2)25-13-5-7-15-27(25)36(22-10-21-35)29(32)19-17-23-11-9-12-24(31(23)34)18-20-30-33(3,4)26-14-6-8-16-28(26)37-30;4-2-1-3-5/h5-8,13-20H,9-12,21-22,35H2,1-4H3;1-5H2/q+1;/b19-17+,24-18+,30-20+;. The molecule has 0 atom stereocenters. The molecular weight excluding hydrogens is 540 g/mol. The van der Waals surface area contributed by atoms with Crippen molar-refractivity contribution >= 4 is 23.0 Å². The minimum Gasteiger partial charge on any atom is -0.460 e. The monoisotopic (exact) mass is 587 g/mol. The van der Waals surface area contributed by atoms with E-state index >= 15 is 0 Å². The van der Waals surface area contributed by atoms with E-state index in [1.165, 1.54) is 33.7 Å². The number of hydrogen-bond donors (Lipinski definition) is 3. The number of nitrogens with zero attached hydrogens (tertiary/aromatic N) is 1. The van der Waals surface area contributed by atoms with Crippen LogP contribution in [0.4, 0.5) is 5.69 Å². The summed E-state index contributed by atoms with van der Waals surface area (Å²) < 4.78 is 8.65. The van der Waals surface area contributed by atoms with Crippen LogP contribution in [0.5, 0.6) is 5.75 Å². The molecule has 0 saturated heterocycles. The largest absolute Gasteiger partial charge is 0.460 e. The first-order valence-electron chi connectivity index (χ1n) is 15.3. The molecule has 3 aliphatic rings. The summed E-state index contributed by atoms with van der Waals surface area (Å²) in [5.41, 5.74) is 23.3. The van der Waals surface area contributed by atoms with Gasteiger partial charge in [0.15, 0.2) is 12.3 Å². The third-order valence-electron chi connectivity index (χ3n) is 8.52. The summed E-state index contributed by atoms with van der Waals surface area (Å²) in [5, 5.41) is 0.870. The van der Waals surface area contributed by atoms with Gasteiger partial charge in [0.2, 0.25) is 5.69 Å². The second-order valence-electron chi connectivity index (χ2n) is 12.2. The van der Waals surface area contributed by atoms with Crippen LogP contribution in [0.15, 0.2) is 94.8 Å². The molecule has 0 spiro atoms.